The maximum absolute atomic E-state index is 12.6. The van der Waals surface area contributed by atoms with Gasteiger partial charge in [0.2, 0.25) is 11.8 Å². The Morgan fingerprint density at radius 3 is 2.59 bits per heavy atom. The van der Waals surface area contributed by atoms with E-state index in [1.165, 1.54) is 25.7 Å². The molecule has 0 unspecified atom stereocenters. The van der Waals surface area contributed by atoms with Gasteiger partial charge < -0.3 is 9.80 Å². The van der Waals surface area contributed by atoms with Crippen LogP contribution in [0.4, 0.5) is 0 Å². The molecule has 1 spiro atoms. The van der Waals surface area contributed by atoms with E-state index in [2.05, 4.69) is 20.4 Å². The van der Waals surface area contributed by atoms with Crippen molar-refractivity contribution in [3.63, 3.8) is 0 Å². The Labute approximate surface area is 160 Å². The van der Waals surface area contributed by atoms with E-state index in [1.54, 1.807) is 4.68 Å². The second kappa shape index (κ2) is 7.56. The van der Waals surface area contributed by atoms with Crippen LogP contribution in [-0.4, -0.2) is 67.5 Å². The van der Waals surface area contributed by atoms with Gasteiger partial charge in [-0.2, -0.15) is 0 Å². The van der Waals surface area contributed by atoms with Gasteiger partial charge in [-0.3, -0.25) is 9.59 Å². The van der Waals surface area contributed by atoms with Gasteiger partial charge >= 0.3 is 0 Å². The zero-order chi connectivity index (χ0) is 18.9. The molecule has 0 radical (unpaired) electrons. The van der Waals surface area contributed by atoms with Gasteiger partial charge in [-0.1, -0.05) is 12.8 Å². The first kappa shape index (κ1) is 18.4. The Kier molecular flexibility index (Phi) is 5.14. The molecule has 3 fully saturated rings. The third kappa shape index (κ3) is 3.84. The Hall–Kier alpha value is -1.99. The summed E-state index contributed by atoms with van der Waals surface area (Å²) in [7, 11) is 0. The summed E-state index contributed by atoms with van der Waals surface area (Å²) >= 11 is 0. The molecular formula is C19H30N6O2. The van der Waals surface area contributed by atoms with Crippen molar-refractivity contribution >= 4 is 11.8 Å². The second-order valence-electron chi connectivity index (χ2n) is 8.54. The summed E-state index contributed by atoms with van der Waals surface area (Å²) < 4.78 is 1.68. The molecule has 3 heterocycles. The van der Waals surface area contributed by atoms with E-state index in [0.29, 0.717) is 31.3 Å². The fraction of sp³-hybridized carbons (Fsp3) is 0.842. The summed E-state index contributed by atoms with van der Waals surface area (Å²) in [4.78, 5) is 29.2. The van der Waals surface area contributed by atoms with Crippen molar-refractivity contribution < 1.29 is 9.59 Å². The Morgan fingerprint density at radius 1 is 1.19 bits per heavy atom. The summed E-state index contributed by atoms with van der Waals surface area (Å²) in [6, 6.07) is 0.467. The highest BCUT2D eigenvalue weighted by Gasteiger charge is 2.43. The average molecular weight is 374 g/mol. The van der Waals surface area contributed by atoms with Crippen molar-refractivity contribution in [2.45, 2.75) is 77.3 Å². The van der Waals surface area contributed by atoms with Crippen LogP contribution in [-0.2, 0) is 16.1 Å². The van der Waals surface area contributed by atoms with Crippen LogP contribution in [0.1, 0.15) is 63.6 Å². The molecule has 1 aliphatic carbocycles. The van der Waals surface area contributed by atoms with Gasteiger partial charge in [-0.25, -0.2) is 4.68 Å². The number of carbonyl (C=O) groups is 2. The molecule has 2 aliphatic heterocycles. The molecule has 8 nitrogen and oxygen atoms in total. The minimum Gasteiger partial charge on any atom is -0.343 e. The van der Waals surface area contributed by atoms with Gasteiger partial charge in [-0.05, 0) is 54.9 Å². The molecule has 3 aliphatic rings. The number of amides is 2. The third-order valence-corrected chi connectivity index (χ3v) is 6.89. The number of hydrogen-bond donors (Lipinski definition) is 0. The normalized spacial score (nSPS) is 23.4. The monoisotopic (exact) mass is 374 g/mol. The highest BCUT2D eigenvalue weighted by molar-refractivity contribution is 5.78. The summed E-state index contributed by atoms with van der Waals surface area (Å²) in [5.41, 5.74) is 0.222. The van der Waals surface area contributed by atoms with Crippen molar-refractivity contribution in [2.24, 2.45) is 5.41 Å². The molecule has 148 valence electrons. The minimum absolute atomic E-state index is 0.180. The number of aromatic nitrogens is 4. The zero-order valence-corrected chi connectivity index (χ0v) is 16.3. The van der Waals surface area contributed by atoms with Crippen LogP contribution in [0.15, 0.2) is 0 Å². The van der Waals surface area contributed by atoms with E-state index in [4.69, 9.17) is 0 Å². The van der Waals surface area contributed by atoms with Crippen molar-refractivity contribution in [1.29, 1.82) is 0 Å². The number of nitrogens with zero attached hydrogens (tertiary/aromatic N) is 6. The third-order valence-electron chi connectivity index (χ3n) is 6.89. The Morgan fingerprint density at radius 2 is 1.93 bits per heavy atom. The maximum atomic E-state index is 12.6. The molecular weight excluding hydrogens is 344 g/mol. The van der Waals surface area contributed by atoms with Crippen LogP contribution in [0.2, 0.25) is 0 Å². The number of carbonyl (C=O) groups excluding carboxylic acids is 2. The van der Waals surface area contributed by atoms with Gasteiger partial charge in [0.1, 0.15) is 5.82 Å². The number of likely N-dealkylation sites (tertiary alicyclic amines) is 2. The second-order valence-corrected chi connectivity index (χ2v) is 8.54. The first-order chi connectivity index (χ1) is 13.1. The summed E-state index contributed by atoms with van der Waals surface area (Å²) in [5.74, 6) is 1.27. The van der Waals surface area contributed by atoms with Gasteiger partial charge in [0, 0.05) is 38.5 Å². The van der Waals surface area contributed by atoms with Gasteiger partial charge in [0.15, 0.2) is 0 Å². The molecule has 0 bridgehead atoms. The Bertz CT molecular complexity index is 688. The van der Waals surface area contributed by atoms with Crippen LogP contribution in [0, 0.1) is 12.3 Å². The standard InChI is InChI=1S/C19H30N6O2/c1-15-20-21-22-25(15)11-7-17(26)23-12-9-19(10-13-23)8-6-18(27)24(14-19)16-4-2-3-5-16/h16H,2-14H2,1H3. The highest BCUT2D eigenvalue weighted by Crippen LogP contribution is 2.42. The van der Waals surface area contributed by atoms with Crippen molar-refractivity contribution in [2.75, 3.05) is 19.6 Å². The molecule has 0 N–H and O–H groups in total. The summed E-state index contributed by atoms with van der Waals surface area (Å²) in [6.07, 6.45) is 8.98. The van der Waals surface area contributed by atoms with Crippen molar-refractivity contribution in [3.8, 4) is 0 Å². The molecule has 0 atom stereocenters. The number of tetrazole rings is 1. The molecule has 0 aromatic carbocycles. The smallest absolute Gasteiger partial charge is 0.224 e. The number of piperidine rings is 2. The number of aryl methyl sites for hydroxylation is 2. The van der Waals surface area contributed by atoms with Crippen LogP contribution >= 0.6 is 0 Å². The summed E-state index contributed by atoms with van der Waals surface area (Å²) in [6.45, 7) is 4.89. The maximum Gasteiger partial charge on any atom is 0.224 e. The first-order valence-electron chi connectivity index (χ1n) is 10.4. The van der Waals surface area contributed by atoms with E-state index < -0.39 is 0 Å². The van der Waals surface area contributed by atoms with Crippen LogP contribution < -0.4 is 0 Å². The predicted molar refractivity (Wildman–Crippen MR) is 98.6 cm³/mol. The lowest BCUT2D eigenvalue weighted by molar-refractivity contribution is -0.145. The van der Waals surface area contributed by atoms with E-state index in [9.17, 15) is 9.59 Å². The highest BCUT2D eigenvalue weighted by atomic mass is 16.2. The molecule has 1 saturated carbocycles. The molecule has 2 amide bonds. The molecule has 1 aromatic rings. The largest absolute Gasteiger partial charge is 0.343 e. The molecule has 27 heavy (non-hydrogen) atoms. The minimum atomic E-state index is 0.180. The van der Waals surface area contributed by atoms with E-state index in [-0.39, 0.29) is 11.3 Å². The lowest BCUT2D eigenvalue weighted by atomic mass is 9.72. The van der Waals surface area contributed by atoms with Crippen LogP contribution in [0.25, 0.3) is 0 Å². The molecule has 4 rings (SSSR count). The quantitative estimate of drug-likeness (QED) is 0.798. The summed E-state index contributed by atoms with van der Waals surface area (Å²) in [5, 5.41) is 11.4. The first-order valence-corrected chi connectivity index (χ1v) is 10.4. The van der Waals surface area contributed by atoms with Crippen molar-refractivity contribution in [1.82, 2.24) is 30.0 Å². The predicted octanol–water partition coefficient (Wildman–Crippen LogP) is 1.55. The number of hydrogen-bond acceptors (Lipinski definition) is 5. The zero-order valence-electron chi connectivity index (χ0n) is 16.3. The molecule has 2 saturated heterocycles. The van der Waals surface area contributed by atoms with Crippen LogP contribution in [0.5, 0.6) is 0 Å². The van der Waals surface area contributed by atoms with Crippen molar-refractivity contribution in [3.05, 3.63) is 5.82 Å². The van der Waals surface area contributed by atoms with Gasteiger partial charge in [0.05, 0.1) is 6.54 Å². The SMILES string of the molecule is Cc1nnnn1CCC(=O)N1CCC2(CCC(=O)N(C3CCCC3)C2)CC1. The topological polar surface area (TPSA) is 84.2 Å². The Balaban J connectivity index is 1.30. The van der Waals surface area contributed by atoms with Crippen LogP contribution in [0.3, 0.4) is 0 Å². The van der Waals surface area contributed by atoms with Gasteiger partial charge in [-0.15, -0.1) is 5.10 Å². The lowest BCUT2D eigenvalue weighted by Gasteiger charge is -2.49. The van der Waals surface area contributed by atoms with E-state index >= 15 is 0 Å². The number of rotatable bonds is 4. The fourth-order valence-corrected chi connectivity index (χ4v) is 5.05. The van der Waals surface area contributed by atoms with E-state index in [0.717, 1.165) is 44.7 Å². The average Bonchev–Trinajstić information content (AvgIpc) is 3.34. The van der Waals surface area contributed by atoms with E-state index in [1.807, 2.05) is 11.8 Å². The fourth-order valence-electron chi connectivity index (χ4n) is 5.05. The molecule has 1 aromatic heterocycles. The molecule has 8 heteroatoms. The lowest BCUT2D eigenvalue weighted by Crippen LogP contribution is -2.54. The van der Waals surface area contributed by atoms with Gasteiger partial charge in [0.25, 0.3) is 0 Å².